The molecule has 0 aliphatic heterocycles. The lowest BCUT2D eigenvalue weighted by atomic mass is 10.3. The number of halogens is 2. The van der Waals surface area contributed by atoms with E-state index < -0.39 is 26.6 Å². The highest BCUT2D eigenvalue weighted by atomic mass is 32.2. The number of aryl methyl sites for hydroxylation is 1. The number of rotatable bonds is 3. The molecular formula is C9H8F2N4O2S. The Kier molecular flexibility index (Phi) is 2.99. The van der Waals surface area contributed by atoms with Gasteiger partial charge in [0.05, 0.1) is 0 Å². The van der Waals surface area contributed by atoms with E-state index in [1.165, 1.54) is 0 Å². The van der Waals surface area contributed by atoms with Crippen molar-refractivity contribution in [3.05, 3.63) is 35.7 Å². The van der Waals surface area contributed by atoms with Crippen LogP contribution in [0, 0.1) is 18.6 Å². The molecule has 6 nitrogen and oxygen atoms in total. The summed E-state index contributed by atoms with van der Waals surface area (Å²) >= 11 is 0. The number of nitrogens with one attached hydrogen (secondary N) is 2. The number of H-pyrrole nitrogens is 1. The van der Waals surface area contributed by atoms with E-state index in [9.17, 15) is 17.2 Å². The minimum Gasteiger partial charge on any atom is -0.261 e. The van der Waals surface area contributed by atoms with Gasteiger partial charge in [-0.2, -0.15) is 4.98 Å². The zero-order valence-corrected chi connectivity index (χ0v) is 9.92. The number of benzene rings is 1. The lowest BCUT2D eigenvalue weighted by molar-refractivity contribution is 0.551. The van der Waals surface area contributed by atoms with Crippen molar-refractivity contribution < 1.29 is 17.2 Å². The Morgan fingerprint density at radius 2 is 2.06 bits per heavy atom. The van der Waals surface area contributed by atoms with E-state index in [-0.39, 0.29) is 5.95 Å². The molecule has 0 fully saturated rings. The summed E-state index contributed by atoms with van der Waals surface area (Å²) in [5.41, 5.74) is 0. The number of hydrogen-bond acceptors (Lipinski definition) is 4. The molecule has 0 bridgehead atoms. The fourth-order valence-electron chi connectivity index (χ4n) is 1.26. The van der Waals surface area contributed by atoms with Crippen molar-refractivity contribution in [2.45, 2.75) is 11.8 Å². The largest absolute Gasteiger partial charge is 0.267 e. The Bertz CT molecular complexity index is 684. The first kappa shape index (κ1) is 12.4. The van der Waals surface area contributed by atoms with Crippen molar-refractivity contribution in [1.82, 2.24) is 15.2 Å². The van der Waals surface area contributed by atoms with E-state index in [2.05, 4.69) is 15.2 Å². The van der Waals surface area contributed by atoms with Crippen LogP contribution in [0.3, 0.4) is 0 Å². The summed E-state index contributed by atoms with van der Waals surface area (Å²) in [4.78, 5) is 3.04. The Morgan fingerprint density at radius 3 is 2.61 bits per heavy atom. The van der Waals surface area contributed by atoms with E-state index in [1.54, 1.807) is 6.92 Å². The van der Waals surface area contributed by atoms with E-state index >= 15 is 0 Å². The molecule has 1 aromatic carbocycles. The number of nitrogens with zero attached hydrogens (tertiary/aromatic N) is 2. The van der Waals surface area contributed by atoms with Gasteiger partial charge in [0.2, 0.25) is 0 Å². The molecule has 2 rings (SSSR count). The highest BCUT2D eigenvalue weighted by molar-refractivity contribution is 7.92. The third kappa shape index (κ3) is 2.45. The topological polar surface area (TPSA) is 87.7 Å². The summed E-state index contributed by atoms with van der Waals surface area (Å²) in [6.45, 7) is 1.57. The van der Waals surface area contributed by atoms with Crippen LogP contribution in [-0.4, -0.2) is 23.6 Å². The second-order valence-corrected chi connectivity index (χ2v) is 5.08. The van der Waals surface area contributed by atoms with E-state index in [4.69, 9.17) is 0 Å². The molecule has 0 aliphatic rings. The third-order valence-corrected chi connectivity index (χ3v) is 3.37. The zero-order chi connectivity index (χ0) is 13.3. The normalized spacial score (nSPS) is 11.5. The molecule has 0 amide bonds. The molecule has 1 heterocycles. The second kappa shape index (κ2) is 4.33. The first-order valence-electron chi connectivity index (χ1n) is 4.75. The van der Waals surface area contributed by atoms with Gasteiger partial charge in [0.1, 0.15) is 22.4 Å². The predicted molar refractivity (Wildman–Crippen MR) is 58.3 cm³/mol. The van der Waals surface area contributed by atoms with E-state index in [0.29, 0.717) is 11.9 Å². The standard InChI is InChI=1S/C9H8F2N4O2S/c1-5-12-9(14-13-5)15-18(16,17)8-3-2-6(10)4-7(8)11/h2-4H,1H3,(H2,12,13,14,15). The van der Waals surface area contributed by atoms with Gasteiger partial charge in [-0.3, -0.25) is 5.10 Å². The van der Waals surface area contributed by atoms with Crippen molar-refractivity contribution in [2.24, 2.45) is 0 Å². The summed E-state index contributed by atoms with van der Waals surface area (Å²) < 4.78 is 51.6. The van der Waals surface area contributed by atoms with E-state index in [1.807, 2.05) is 4.72 Å². The van der Waals surface area contributed by atoms with Gasteiger partial charge in [-0.05, 0) is 19.1 Å². The maximum Gasteiger partial charge on any atom is 0.267 e. The maximum atomic E-state index is 13.3. The summed E-state index contributed by atoms with van der Waals surface area (Å²) in [6.07, 6.45) is 0. The summed E-state index contributed by atoms with van der Waals surface area (Å²) in [6, 6.07) is 2.16. The average Bonchev–Trinajstić information content (AvgIpc) is 2.62. The van der Waals surface area contributed by atoms with Crippen molar-refractivity contribution in [3.63, 3.8) is 0 Å². The Hall–Kier alpha value is -2.03. The molecule has 0 saturated heterocycles. The number of sulfonamides is 1. The number of anilines is 1. The number of aromatic amines is 1. The van der Waals surface area contributed by atoms with Gasteiger partial charge in [0.25, 0.3) is 16.0 Å². The summed E-state index contributed by atoms with van der Waals surface area (Å²) in [7, 11) is -4.18. The lowest BCUT2D eigenvalue weighted by Crippen LogP contribution is -2.15. The number of hydrogen-bond donors (Lipinski definition) is 2. The number of aromatic nitrogens is 3. The molecule has 0 saturated carbocycles. The smallest absolute Gasteiger partial charge is 0.261 e. The molecular weight excluding hydrogens is 266 g/mol. The van der Waals surface area contributed by atoms with Gasteiger partial charge in [-0.25, -0.2) is 21.9 Å². The third-order valence-electron chi connectivity index (χ3n) is 2.01. The van der Waals surface area contributed by atoms with Crippen LogP contribution in [0.1, 0.15) is 5.82 Å². The molecule has 0 unspecified atom stereocenters. The maximum absolute atomic E-state index is 13.3. The first-order valence-corrected chi connectivity index (χ1v) is 6.24. The molecule has 2 N–H and O–H groups in total. The van der Waals surface area contributed by atoms with Crippen molar-refractivity contribution in [3.8, 4) is 0 Å². The SMILES string of the molecule is Cc1nc(NS(=O)(=O)c2ccc(F)cc2F)n[nH]1. The second-order valence-electron chi connectivity index (χ2n) is 3.42. The molecule has 0 spiro atoms. The molecule has 0 aliphatic carbocycles. The summed E-state index contributed by atoms with van der Waals surface area (Å²) in [5.74, 6) is -1.86. The minimum atomic E-state index is -4.18. The molecule has 0 radical (unpaired) electrons. The molecule has 0 atom stereocenters. The van der Waals surface area contributed by atoms with Crippen LogP contribution in [0.2, 0.25) is 0 Å². The Balaban J connectivity index is 2.36. The highest BCUT2D eigenvalue weighted by Crippen LogP contribution is 2.17. The predicted octanol–water partition coefficient (Wildman–Crippen LogP) is 1.19. The van der Waals surface area contributed by atoms with Gasteiger partial charge in [0.15, 0.2) is 0 Å². The minimum absolute atomic E-state index is 0.212. The fraction of sp³-hybridized carbons (Fsp3) is 0.111. The van der Waals surface area contributed by atoms with Crippen LogP contribution < -0.4 is 4.72 Å². The van der Waals surface area contributed by atoms with Gasteiger partial charge in [-0.15, -0.1) is 5.10 Å². The molecule has 9 heteroatoms. The van der Waals surface area contributed by atoms with Crippen LogP contribution in [0.25, 0.3) is 0 Å². The zero-order valence-electron chi connectivity index (χ0n) is 9.11. The molecule has 1 aromatic heterocycles. The van der Waals surface area contributed by atoms with Crippen molar-refractivity contribution >= 4 is 16.0 Å². The van der Waals surface area contributed by atoms with Crippen LogP contribution in [-0.2, 0) is 10.0 Å². The van der Waals surface area contributed by atoms with Crippen molar-refractivity contribution in [1.29, 1.82) is 0 Å². The van der Waals surface area contributed by atoms with Crippen LogP contribution in [0.5, 0.6) is 0 Å². The Morgan fingerprint density at radius 1 is 1.33 bits per heavy atom. The fourth-order valence-corrected chi connectivity index (χ4v) is 2.26. The van der Waals surface area contributed by atoms with Gasteiger partial charge < -0.3 is 0 Å². The quantitative estimate of drug-likeness (QED) is 0.880. The van der Waals surface area contributed by atoms with Gasteiger partial charge in [-0.1, -0.05) is 0 Å². The van der Waals surface area contributed by atoms with Crippen LogP contribution in [0.15, 0.2) is 23.1 Å². The first-order chi connectivity index (χ1) is 8.38. The van der Waals surface area contributed by atoms with Crippen molar-refractivity contribution in [2.75, 3.05) is 4.72 Å². The Labute approximate surface area is 101 Å². The molecule has 18 heavy (non-hydrogen) atoms. The van der Waals surface area contributed by atoms with E-state index in [0.717, 1.165) is 12.1 Å². The average molecular weight is 274 g/mol. The molecule has 2 aromatic rings. The lowest BCUT2D eigenvalue weighted by Gasteiger charge is -2.05. The van der Waals surface area contributed by atoms with Gasteiger partial charge in [0, 0.05) is 6.07 Å². The highest BCUT2D eigenvalue weighted by Gasteiger charge is 2.21. The van der Waals surface area contributed by atoms with Crippen LogP contribution >= 0.6 is 0 Å². The van der Waals surface area contributed by atoms with Gasteiger partial charge >= 0.3 is 0 Å². The molecule has 96 valence electrons. The summed E-state index contributed by atoms with van der Waals surface area (Å²) in [5, 5.41) is 5.98. The van der Waals surface area contributed by atoms with Crippen LogP contribution in [0.4, 0.5) is 14.7 Å². The monoisotopic (exact) mass is 274 g/mol.